The van der Waals surface area contributed by atoms with Crippen molar-refractivity contribution in [1.82, 2.24) is 4.90 Å². The van der Waals surface area contributed by atoms with Gasteiger partial charge in [-0.3, -0.25) is 4.79 Å². The van der Waals surface area contributed by atoms with E-state index in [9.17, 15) is 14.3 Å². The third-order valence-electron chi connectivity index (χ3n) is 4.62. The fourth-order valence-electron chi connectivity index (χ4n) is 3.51. The molecule has 0 aliphatic carbocycles. The Morgan fingerprint density at radius 3 is 2.86 bits per heavy atom. The molecule has 0 spiro atoms. The summed E-state index contributed by atoms with van der Waals surface area (Å²) < 4.78 is 19.3. The first kappa shape index (κ1) is 15.2. The van der Waals surface area contributed by atoms with Crippen LogP contribution in [0.1, 0.15) is 18.4 Å². The van der Waals surface area contributed by atoms with Gasteiger partial charge in [-0.25, -0.2) is 4.39 Å². The van der Waals surface area contributed by atoms with E-state index < -0.39 is 0 Å². The van der Waals surface area contributed by atoms with Crippen molar-refractivity contribution in [2.24, 2.45) is 0 Å². The lowest BCUT2D eigenvalue weighted by molar-refractivity contribution is -0.133. The highest BCUT2D eigenvalue weighted by Gasteiger charge is 2.45. The third kappa shape index (κ3) is 2.57. The van der Waals surface area contributed by atoms with Gasteiger partial charge in [-0.05, 0) is 12.5 Å². The van der Waals surface area contributed by atoms with E-state index in [0.29, 0.717) is 37.4 Å². The molecule has 2 atom stereocenters. The molecule has 2 heterocycles. The Hall–Kier alpha value is -1.66. The lowest BCUT2D eigenvalue weighted by Crippen LogP contribution is -2.49. The maximum absolute atomic E-state index is 14.4. The number of hydrogen-bond donors (Lipinski definition) is 1. The van der Waals surface area contributed by atoms with Crippen LogP contribution in [-0.4, -0.2) is 54.8 Å². The normalized spacial score (nSPS) is 23.4. The molecule has 0 radical (unpaired) electrons. The number of rotatable bonds is 5. The van der Waals surface area contributed by atoms with Crippen LogP contribution in [-0.2, 0) is 16.1 Å². The average molecular weight is 308 g/mol. The van der Waals surface area contributed by atoms with Gasteiger partial charge >= 0.3 is 0 Å². The lowest BCUT2D eigenvalue weighted by Gasteiger charge is -2.36. The van der Waals surface area contributed by atoms with Gasteiger partial charge in [0.25, 0.3) is 0 Å². The fourth-order valence-corrected chi connectivity index (χ4v) is 3.51. The molecule has 1 amide bonds. The molecule has 2 aliphatic rings. The molecule has 22 heavy (non-hydrogen) atoms. The number of halogens is 1. The van der Waals surface area contributed by atoms with Crippen LogP contribution in [0.4, 0.5) is 10.1 Å². The summed E-state index contributed by atoms with van der Waals surface area (Å²) in [6.45, 7) is 1.41. The molecular weight excluding hydrogens is 287 g/mol. The van der Waals surface area contributed by atoms with Crippen LogP contribution in [0.5, 0.6) is 0 Å². The summed E-state index contributed by atoms with van der Waals surface area (Å²) in [4.78, 5) is 16.0. The third-order valence-corrected chi connectivity index (χ3v) is 4.62. The number of aliphatic hydroxyl groups is 1. The van der Waals surface area contributed by atoms with Gasteiger partial charge in [0.05, 0.1) is 31.4 Å². The maximum atomic E-state index is 14.4. The predicted octanol–water partition coefficient (Wildman–Crippen LogP) is 1.14. The second kappa shape index (κ2) is 6.22. The summed E-state index contributed by atoms with van der Waals surface area (Å²) in [6, 6.07) is 5.39. The van der Waals surface area contributed by atoms with E-state index in [1.807, 2.05) is 9.80 Å². The molecule has 6 heteroatoms. The number of methoxy groups -OCH3 is 1. The van der Waals surface area contributed by atoms with Gasteiger partial charge in [0.2, 0.25) is 5.91 Å². The zero-order chi connectivity index (χ0) is 15.7. The number of hydrogen-bond acceptors (Lipinski definition) is 4. The second-order valence-electron chi connectivity index (χ2n) is 5.89. The van der Waals surface area contributed by atoms with Crippen LogP contribution in [0.2, 0.25) is 0 Å². The number of likely N-dealkylation sites (tertiary alicyclic amines) is 1. The van der Waals surface area contributed by atoms with Crippen LogP contribution >= 0.6 is 0 Å². The quantitative estimate of drug-likeness (QED) is 0.886. The van der Waals surface area contributed by atoms with E-state index in [1.54, 1.807) is 25.3 Å². The summed E-state index contributed by atoms with van der Waals surface area (Å²) >= 11 is 0. The molecule has 0 saturated carbocycles. The first-order valence-corrected chi connectivity index (χ1v) is 7.59. The molecule has 3 rings (SSSR count). The van der Waals surface area contributed by atoms with Gasteiger partial charge in [-0.2, -0.15) is 0 Å². The molecule has 1 N–H and O–H groups in total. The summed E-state index contributed by atoms with van der Waals surface area (Å²) in [5, 5.41) is 9.19. The van der Waals surface area contributed by atoms with Crippen molar-refractivity contribution in [1.29, 1.82) is 0 Å². The van der Waals surface area contributed by atoms with Gasteiger partial charge in [0.1, 0.15) is 0 Å². The number of anilines is 1. The Morgan fingerprint density at radius 2 is 2.23 bits per heavy atom. The van der Waals surface area contributed by atoms with Crippen molar-refractivity contribution >= 4 is 11.6 Å². The molecule has 1 aromatic rings. The Kier molecular flexibility index (Phi) is 4.31. The maximum Gasteiger partial charge on any atom is 0.225 e. The standard InChI is InChI=1S/C16H21FN2O3/c1-22-6-5-15(21)19-9-12-7-13(19)8-18(12)14-4-2-3-11(10-20)16(14)17/h2-4,12-13,20H,5-10H2,1H3. The van der Waals surface area contributed by atoms with Crippen molar-refractivity contribution in [2.45, 2.75) is 31.5 Å². The molecule has 5 nitrogen and oxygen atoms in total. The number of amides is 1. The molecule has 2 aliphatic heterocycles. The minimum atomic E-state index is -0.352. The SMILES string of the molecule is COCCC(=O)N1CC2CC1CN2c1cccc(CO)c1F. The number of aliphatic hydroxyl groups excluding tert-OH is 1. The Balaban J connectivity index is 1.71. The number of fused-ring (bicyclic) bond motifs is 2. The molecule has 1 aromatic carbocycles. The fraction of sp³-hybridized carbons (Fsp3) is 0.562. The Morgan fingerprint density at radius 1 is 1.41 bits per heavy atom. The van der Waals surface area contributed by atoms with Crippen molar-refractivity contribution < 1.29 is 19.0 Å². The molecule has 2 unspecified atom stereocenters. The van der Waals surface area contributed by atoms with Gasteiger partial charge < -0.3 is 19.6 Å². The van der Waals surface area contributed by atoms with Gasteiger partial charge in [-0.15, -0.1) is 0 Å². The molecule has 2 saturated heterocycles. The minimum Gasteiger partial charge on any atom is -0.392 e. The Bertz CT molecular complexity index is 566. The number of benzene rings is 1. The molecule has 120 valence electrons. The Labute approximate surface area is 129 Å². The second-order valence-corrected chi connectivity index (χ2v) is 5.89. The van der Waals surface area contributed by atoms with E-state index in [1.165, 1.54) is 0 Å². The topological polar surface area (TPSA) is 53.0 Å². The van der Waals surface area contributed by atoms with Gasteiger partial charge in [0, 0.05) is 31.8 Å². The minimum absolute atomic E-state index is 0.110. The number of ether oxygens (including phenoxy) is 1. The van der Waals surface area contributed by atoms with Crippen molar-refractivity contribution in [3.8, 4) is 0 Å². The summed E-state index contributed by atoms with van der Waals surface area (Å²) in [7, 11) is 1.59. The van der Waals surface area contributed by atoms with E-state index in [0.717, 1.165) is 6.42 Å². The monoisotopic (exact) mass is 308 g/mol. The van der Waals surface area contributed by atoms with E-state index >= 15 is 0 Å². The first-order chi connectivity index (χ1) is 10.7. The summed E-state index contributed by atoms with van der Waals surface area (Å²) in [5.74, 6) is -0.242. The zero-order valence-electron chi connectivity index (χ0n) is 12.7. The summed E-state index contributed by atoms with van der Waals surface area (Å²) in [5.41, 5.74) is 0.844. The number of piperazine rings is 1. The van der Waals surface area contributed by atoms with Crippen LogP contribution in [0.15, 0.2) is 18.2 Å². The number of carbonyl (C=O) groups excluding carboxylic acids is 1. The van der Waals surface area contributed by atoms with Gasteiger partial charge in [0.15, 0.2) is 5.82 Å². The lowest BCUT2D eigenvalue weighted by atomic mass is 10.1. The highest BCUT2D eigenvalue weighted by atomic mass is 19.1. The van der Waals surface area contributed by atoms with E-state index in [-0.39, 0.29) is 30.4 Å². The molecule has 2 bridgehead atoms. The van der Waals surface area contributed by atoms with Crippen LogP contribution in [0.25, 0.3) is 0 Å². The van der Waals surface area contributed by atoms with Crippen LogP contribution in [0.3, 0.4) is 0 Å². The van der Waals surface area contributed by atoms with Crippen LogP contribution < -0.4 is 4.90 Å². The zero-order valence-corrected chi connectivity index (χ0v) is 12.7. The average Bonchev–Trinajstić information content (AvgIpc) is 3.13. The van der Waals surface area contributed by atoms with E-state index in [2.05, 4.69) is 0 Å². The van der Waals surface area contributed by atoms with E-state index in [4.69, 9.17) is 4.74 Å². The number of nitrogens with zero attached hydrogens (tertiary/aromatic N) is 2. The largest absolute Gasteiger partial charge is 0.392 e. The molecule has 0 aromatic heterocycles. The smallest absolute Gasteiger partial charge is 0.225 e. The summed E-state index contributed by atoms with van der Waals surface area (Å²) in [6.07, 6.45) is 1.27. The highest BCUT2D eigenvalue weighted by molar-refractivity contribution is 5.78. The molecular formula is C16H21FN2O3. The van der Waals surface area contributed by atoms with Crippen LogP contribution in [0, 0.1) is 5.82 Å². The van der Waals surface area contributed by atoms with Crippen molar-refractivity contribution in [2.75, 3.05) is 31.7 Å². The number of carbonyl (C=O) groups is 1. The molecule has 2 fully saturated rings. The highest BCUT2D eigenvalue weighted by Crippen LogP contribution is 2.36. The predicted molar refractivity (Wildman–Crippen MR) is 80.1 cm³/mol. The first-order valence-electron chi connectivity index (χ1n) is 7.59. The van der Waals surface area contributed by atoms with Crippen molar-refractivity contribution in [3.63, 3.8) is 0 Å². The van der Waals surface area contributed by atoms with Crippen molar-refractivity contribution in [3.05, 3.63) is 29.6 Å². The van der Waals surface area contributed by atoms with Gasteiger partial charge in [-0.1, -0.05) is 12.1 Å².